The summed E-state index contributed by atoms with van der Waals surface area (Å²) in [5, 5.41) is 9.11. The van der Waals surface area contributed by atoms with Gasteiger partial charge in [0.25, 0.3) is 0 Å². The molecule has 2 aliphatic heterocycles. The van der Waals surface area contributed by atoms with Crippen LogP contribution in [-0.2, 0) is 9.47 Å². The van der Waals surface area contributed by atoms with E-state index in [2.05, 4.69) is 32.9 Å². The minimum Gasteiger partial charge on any atom is -0.378 e. The molecule has 6 nitrogen and oxygen atoms in total. The molecule has 0 aliphatic carbocycles. The standard InChI is InChI=1S/C15H22N4O2S2/c22-15(16-10-12-2-1-7-21-12)18-17-11-13-3-4-14(23-13)19-5-8-20-9-6-19/h3-4,11-12H,1-2,5-10H2,(H2,16,18,22)/b17-11-/t12-/m1/s1. The van der Waals surface area contributed by atoms with Gasteiger partial charge >= 0.3 is 0 Å². The summed E-state index contributed by atoms with van der Waals surface area (Å²) in [5.41, 5.74) is 2.85. The number of nitrogens with zero attached hydrogens (tertiary/aromatic N) is 2. The van der Waals surface area contributed by atoms with Gasteiger partial charge in [-0.2, -0.15) is 5.10 Å². The Morgan fingerprint density at radius 1 is 1.39 bits per heavy atom. The average Bonchev–Trinajstić information content (AvgIpc) is 3.26. The van der Waals surface area contributed by atoms with Crippen molar-refractivity contribution in [3.05, 3.63) is 17.0 Å². The Hall–Kier alpha value is -1.22. The van der Waals surface area contributed by atoms with E-state index < -0.39 is 0 Å². The van der Waals surface area contributed by atoms with Gasteiger partial charge in [-0.25, -0.2) is 0 Å². The van der Waals surface area contributed by atoms with Crippen LogP contribution in [0, 0.1) is 0 Å². The van der Waals surface area contributed by atoms with Gasteiger partial charge in [0.15, 0.2) is 5.11 Å². The number of ether oxygens (including phenoxy) is 2. The fraction of sp³-hybridized carbons (Fsp3) is 0.600. The lowest BCUT2D eigenvalue weighted by molar-refractivity contribution is 0.114. The Kier molecular flexibility index (Phi) is 6.21. The highest BCUT2D eigenvalue weighted by molar-refractivity contribution is 7.80. The average molecular weight is 355 g/mol. The summed E-state index contributed by atoms with van der Waals surface area (Å²) >= 11 is 6.92. The second-order valence-electron chi connectivity index (χ2n) is 5.49. The minimum absolute atomic E-state index is 0.270. The molecule has 0 bridgehead atoms. The van der Waals surface area contributed by atoms with Crippen molar-refractivity contribution < 1.29 is 9.47 Å². The lowest BCUT2D eigenvalue weighted by atomic mass is 10.2. The monoisotopic (exact) mass is 354 g/mol. The molecule has 1 atom stereocenters. The SMILES string of the molecule is S=C(NC[C@H]1CCCO1)N/N=C\c1ccc(N2CCOCC2)s1. The zero-order chi connectivity index (χ0) is 15.9. The van der Waals surface area contributed by atoms with E-state index in [1.807, 2.05) is 0 Å². The van der Waals surface area contributed by atoms with Gasteiger partial charge in [0.05, 0.1) is 30.5 Å². The lowest BCUT2D eigenvalue weighted by Crippen LogP contribution is -2.37. The number of thiophene rings is 1. The molecule has 8 heteroatoms. The van der Waals surface area contributed by atoms with Gasteiger partial charge in [-0.3, -0.25) is 5.43 Å². The summed E-state index contributed by atoms with van der Waals surface area (Å²) in [6, 6.07) is 4.20. The van der Waals surface area contributed by atoms with Crippen molar-refractivity contribution in [1.82, 2.24) is 10.7 Å². The van der Waals surface area contributed by atoms with Gasteiger partial charge in [0.2, 0.25) is 0 Å². The Labute approximate surface area is 145 Å². The molecule has 23 heavy (non-hydrogen) atoms. The fourth-order valence-electron chi connectivity index (χ4n) is 2.57. The first-order valence-electron chi connectivity index (χ1n) is 7.92. The summed E-state index contributed by atoms with van der Waals surface area (Å²) in [6.07, 6.45) is 4.30. The van der Waals surface area contributed by atoms with Crippen LogP contribution in [0.25, 0.3) is 0 Å². The van der Waals surface area contributed by atoms with Crippen LogP contribution in [0.15, 0.2) is 17.2 Å². The van der Waals surface area contributed by atoms with Gasteiger partial charge in [0.1, 0.15) is 0 Å². The molecule has 0 saturated carbocycles. The van der Waals surface area contributed by atoms with Crippen LogP contribution in [0.5, 0.6) is 0 Å². The van der Waals surface area contributed by atoms with Crippen LogP contribution < -0.4 is 15.6 Å². The molecule has 2 aliphatic rings. The molecule has 0 aromatic carbocycles. The van der Waals surface area contributed by atoms with Crippen molar-refractivity contribution in [3.8, 4) is 0 Å². The molecule has 2 saturated heterocycles. The number of hydrazone groups is 1. The number of rotatable bonds is 5. The smallest absolute Gasteiger partial charge is 0.187 e. The third kappa shape index (κ3) is 5.13. The van der Waals surface area contributed by atoms with Gasteiger partial charge in [-0.1, -0.05) is 0 Å². The highest BCUT2D eigenvalue weighted by Crippen LogP contribution is 2.25. The number of thiocarbonyl (C=S) groups is 1. The maximum absolute atomic E-state index is 5.54. The first-order valence-corrected chi connectivity index (χ1v) is 9.15. The van der Waals surface area contributed by atoms with E-state index in [-0.39, 0.29) is 6.10 Å². The van der Waals surface area contributed by atoms with Crippen molar-refractivity contribution >= 4 is 39.9 Å². The lowest BCUT2D eigenvalue weighted by Gasteiger charge is -2.27. The maximum Gasteiger partial charge on any atom is 0.187 e. The van der Waals surface area contributed by atoms with E-state index in [4.69, 9.17) is 21.7 Å². The van der Waals surface area contributed by atoms with Crippen LogP contribution >= 0.6 is 23.6 Å². The van der Waals surface area contributed by atoms with E-state index >= 15 is 0 Å². The second-order valence-corrected chi connectivity index (χ2v) is 6.99. The molecule has 1 aromatic heterocycles. The summed E-state index contributed by atoms with van der Waals surface area (Å²) in [5.74, 6) is 0. The predicted molar refractivity (Wildman–Crippen MR) is 97.7 cm³/mol. The first-order chi connectivity index (χ1) is 11.3. The number of nitrogens with one attached hydrogen (secondary N) is 2. The molecule has 2 N–H and O–H groups in total. The predicted octanol–water partition coefficient (Wildman–Crippen LogP) is 1.56. The van der Waals surface area contributed by atoms with Crippen molar-refractivity contribution in [2.45, 2.75) is 18.9 Å². The second kappa shape index (κ2) is 8.58. The molecular weight excluding hydrogens is 332 g/mol. The number of morpholine rings is 1. The molecule has 0 spiro atoms. The van der Waals surface area contributed by atoms with Crippen molar-refractivity contribution in [1.29, 1.82) is 0 Å². The van der Waals surface area contributed by atoms with Gasteiger partial charge in [-0.15, -0.1) is 11.3 Å². The van der Waals surface area contributed by atoms with Crippen LogP contribution in [-0.4, -0.2) is 56.9 Å². The summed E-state index contributed by atoms with van der Waals surface area (Å²) in [4.78, 5) is 3.44. The zero-order valence-electron chi connectivity index (χ0n) is 13.0. The number of anilines is 1. The topological polar surface area (TPSA) is 58.1 Å². The molecule has 0 unspecified atom stereocenters. The van der Waals surface area contributed by atoms with E-state index in [0.29, 0.717) is 5.11 Å². The highest BCUT2D eigenvalue weighted by Gasteiger charge is 2.15. The first kappa shape index (κ1) is 16.6. The molecule has 1 aromatic rings. The Balaban J connectivity index is 1.40. The van der Waals surface area contributed by atoms with E-state index in [1.54, 1.807) is 17.6 Å². The molecule has 3 heterocycles. The van der Waals surface area contributed by atoms with Crippen molar-refractivity contribution in [3.63, 3.8) is 0 Å². The molecule has 0 amide bonds. The zero-order valence-corrected chi connectivity index (χ0v) is 14.6. The quantitative estimate of drug-likeness (QED) is 0.475. The minimum atomic E-state index is 0.270. The van der Waals surface area contributed by atoms with Crippen molar-refractivity contribution in [2.75, 3.05) is 44.4 Å². The maximum atomic E-state index is 5.54. The summed E-state index contributed by atoms with van der Waals surface area (Å²) < 4.78 is 10.9. The third-order valence-electron chi connectivity index (χ3n) is 3.81. The van der Waals surface area contributed by atoms with Crippen molar-refractivity contribution in [2.24, 2.45) is 5.10 Å². The molecule has 2 fully saturated rings. The largest absolute Gasteiger partial charge is 0.378 e. The van der Waals surface area contributed by atoms with E-state index in [1.165, 1.54) is 5.00 Å². The Morgan fingerprint density at radius 3 is 3.04 bits per heavy atom. The molecule has 0 radical (unpaired) electrons. The number of hydrogen-bond donors (Lipinski definition) is 2. The van der Waals surface area contributed by atoms with Gasteiger partial charge in [-0.05, 0) is 37.2 Å². The normalized spacial score (nSPS) is 21.7. The Bertz CT molecular complexity index is 537. The Morgan fingerprint density at radius 2 is 2.26 bits per heavy atom. The van der Waals surface area contributed by atoms with E-state index in [0.717, 1.165) is 57.2 Å². The van der Waals surface area contributed by atoms with E-state index in [9.17, 15) is 0 Å². The molecular formula is C15H22N4O2S2. The molecule has 3 rings (SSSR count). The van der Waals surface area contributed by atoms with Crippen LogP contribution in [0.4, 0.5) is 5.00 Å². The summed E-state index contributed by atoms with van der Waals surface area (Å²) in [6.45, 7) is 5.09. The highest BCUT2D eigenvalue weighted by atomic mass is 32.1. The van der Waals surface area contributed by atoms with Crippen LogP contribution in [0.1, 0.15) is 17.7 Å². The van der Waals surface area contributed by atoms with Gasteiger partial charge in [0, 0.05) is 31.1 Å². The molecule has 126 valence electrons. The van der Waals surface area contributed by atoms with Crippen LogP contribution in [0.2, 0.25) is 0 Å². The number of hydrogen-bond acceptors (Lipinski definition) is 6. The van der Waals surface area contributed by atoms with Gasteiger partial charge < -0.3 is 19.7 Å². The summed E-state index contributed by atoms with van der Waals surface area (Å²) in [7, 11) is 0. The van der Waals surface area contributed by atoms with Crippen LogP contribution in [0.3, 0.4) is 0 Å². The third-order valence-corrected chi connectivity index (χ3v) is 5.12. The fourth-order valence-corrected chi connectivity index (χ4v) is 3.64.